The number of nitrogens with two attached hydrogens (primary N) is 1. The first kappa shape index (κ1) is 22.2. The summed E-state index contributed by atoms with van der Waals surface area (Å²) in [6.07, 6.45) is 1.17. The van der Waals surface area contributed by atoms with Crippen molar-refractivity contribution in [3.05, 3.63) is 40.3 Å². The lowest BCUT2D eigenvalue weighted by atomic mass is 10.0. The van der Waals surface area contributed by atoms with Crippen molar-refractivity contribution in [2.24, 2.45) is 0 Å². The molecule has 1 aliphatic heterocycles. The number of amides is 2. The Bertz CT molecular complexity index is 973. The van der Waals surface area contributed by atoms with Gasteiger partial charge in [-0.1, -0.05) is 13.0 Å². The van der Waals surface area contributed by atoms with Crippen LogP contribution < -0.4 is 11.1 Å². The maximum Gasteiger partial charge on any atom is 0.341 e. The largest absolute Gasteiger partial charge is 0.465 e. The highest BCUT2D eigenvalue weighted by atomic mass is 32.2. The predicted octanol–water partition coefficient (Wildman–Crippen LogP) is 3.53. The number of anilines is 2. The summed E-state index contributed by atoms with van der Waals surface area (Å²) in [5.74, 6) is -0.670. The first-order valence-corrected chi connectivity index (χ1v) is 11.3. The van der Waals surface area contributed by atoms with Crippen molar-refractivity contribution in [2.75, 3.05) is 24.7 Å². The monoisotopic (exact) mass is 447 g/mol. The van der Waals surface area contributed by atoms with Crippen LogP contribution in [0.2, 0.25) is 0 Å². The topological polar surface area (TPSA) is 102 Å². The van der Waals surface area contributed by atoms with Crippen molar-refractivity contribution >= 4 is 51.6 Å². The van der Waals surface area contributed by atoms with Gasteiger partial charge >= 0.3 is 5.97 Å². The standard InChI is InChI=1S/C21H25N3O4S2/c1-4-16(29-14-7-5-6-13(22)10-14)19(26)23-20-18(21(27)28-3)15-8-9-24(12(2)25)11-17(15)30-20/h5-7,10,16H,4,8-9,11,22H2,1-3H3,(H,23,26). The maximum absolute atomic E-state index is 13.0. The van der Waals surface area contributed by atoms with E-state index < -0.39 is 5.97 Å². The molecule has 0 aliphatic carbocycles. The molecule has 0 saturated carbocycles. The van der Waals surface area contributed by atoms with Crippen LogP contribution in [0.25, 0.3) is 0 Å². The second-order valence-corrected chi connectivity index (χ2v) is 9.35. The fraction of sp³-hybridized carbons (Fsp3) is 0.381. The van der Waals surface area contributed by atoms with Crippen LogP contribution >= 0.6 is 23.1 Å². The van der Waals surface area contributed by atoms with E-state index in [4.69, 9.17) is 10.5 Å². The van der Waals surface area contributed by atoms with Gasteiger partial charge in [-0.05, 0) is 36.6 Å². The summed E-state index contributed by atoms with van der Waals surface area (Å²) < 4.78 is 4.97. The zero-order valence-electron chi connectivity index (χ0n) is 17.2. The summed E-state index contributed by atoms with van der Waals surface area (Å²) in [5.41, 5.74) is 7.74. The highest BCUT2D eigenvalue weighted by Gasteiger charge is 2.31. The molecule has 0 radical (unpaired) electrons. The lowest BCUT2D eigenvalue weighted by Gasteiger charge is -2.25. The molecule has 0 spiro atoms. The number of thioether (sulfide) groups is 1. The minimum absolute atomic E-state index is 0.0103. The molecule has 3 N–H and O–H groups in total. The number of nitrogens with zero attached hydrogens (tertiary/aromatic N) is 1. The van der Waals surface area contributed by atoms with Gasteiger partial charge in [0.2, 0.25) is 11.8 Å². The average molecular weight is 448 g/mol. The van der Waals surface area contributed by atoms with Gasteiger partial charge in [-0.2, -0.15) is 0 Å². The normalized spacial score (nSPS) is 14.0. The number of hydrogen-bond acceptors (Lipinski definition) is 7. The molecule has 0 bridgehead atoms. The SMILES string of the molecule is CCC(Sc1cccc(N)c1)C(=O)Nc1sc2c(c1C(=O)OC)CCN(C(C)=O)C2. The number of hydrogen-bond donors (Lipinski definition) is 2. The van der Waals surface area contributed by atoms with Gasteiger partial charge in [0.15, 0.2) is 0 Å². The van der Waals surface area contributed by atoms with Gasteiger partial charge < -0.3 is 20.7 Å². The zero-order valence-corrected chi connectivity index (χ0v) is 18.8. The third-order valence-electron chi connectivity index (χ3n) is 4.93. The second-order valence-electron chi connectivity index (χ2n) is 6.97. The minimum atomic E-state index is -0.476. The molecule has 1 aromatic heterocycles. The Labute approximate surface area is 184 Å². The third-order valence-corrected chi connectivity index (χ3v) is 7.42. The quantitative estimate of drug-likeness (QED) is 0.399. The Morgan fingerprint density at radius 2 is 2.13 bits per heavy atom. The summed E-state index contributed by atoms with van der Waals surface area (Å²) in [4.78, 5) is 40.8. The molecule has 7 nitrogen and oxygen atoms in total. The van der Waals surface area contributed by atoms with Crippen molar-refractivity contribution in [1.82, 2.24) is 4.90 Å². The molecule has 9 heteroatoms. The molecule has 1 aliphatic rings. The molecule has 2 aromatic rings. The molecule has 0 saturated heterocycles. The number of thiophene rings is 1. The van der Waals surface area contributed by atoms with Crippen molar-refractivity contribution in [2.45, 2.75) is 43.4 Å². The van der Waals surface area contributed by atoms with E-state index in [9.17, 15) is 14.4 Å². The maximum atomic E-state index is 13.0. The fourth-order valence-electron chi connectivity index (χ4n) is 3.35. The highest BCUT2D eigenvalue weighted by molar-refractivity contribution is 8.00. The van der Waals surface area contributed by atoms with Crippen LogP contribution in [-0.2, 0) is 27.3 Å². The van der Waals surface area contributed by atoms with Crippen LogP contribution in [0.3, 0.4) is 0 Å². The molecule has 2 amide bonds. The van der Waals surface area contributed by atoms with Crippen LogP contribution in [0, 0.1) is 0 Å². The first-order valence-electron chi connectivity index (χ1n) is 9.65. The molecule has 30 heavy (non-hydrogen) atoms. The molecule has 1 aromatic carbocycles. The first-order chi connectivity index (χ1) is 14.3. The Morgan fingerprint density at radius 3 is 2.77 bits per heavy atom. The van der Waals surface area contributed by atoms with Gasteiger partial charge in [0.05, 0.1) is 24.5 Å². The number of nitrogens with one attached hydrogen (secondary N) is 1. The van der Waals surface area contributed by atoms with E-state index in [2.05, 4.69) is 5.32 Å². The molecule has 0 fully saturated rings. The Balaban J connectivity index is 1.84. The van der Waals surface area contributed by atoms with Crippen molar-refractivity contribution in [3.63, 3.8) is 0 Å². The van der Waals surface area contributed by atoms with Crippen LogP contribution in [0.5, 0.6) is 0 Å². The average Bonchev–Trinajstić information content (AvgIpc) is 3.08. The Hall–Kier alpha value is -2.52. The van der Waals surface area contributed by atoms with Gasteiger partial charge in [0.1, 0.15) is 5.00 Å². The fourth-order valence-corrected chi connectivity index (χ4v) is 5.62. The zero-order chi connectivity index (χ0) is 21.8. The number of fused-ring (bicyclic) bond motifs is 1. The number of ether oxygens (including phenoxy) is 1. The van der Waals surface area contributed by atoms with Gasteiger partial charge in [-0.15, -0.1) is 23.1 Å². The van der Waals surface area contributed by atoms with Crippen LogP contribution in [-0.4, -0.2) is 41.6 Å². The van der Waals surface area contributed by atoms with Crippen LogP contribution in [0.1, 0.15) is 41.1 Å². The smallest absolute Gasteiger partial charge is 0.341 e. The molecule has 1 atom stereocenters. The molecule has 3 rings (SSSR count). The Kier molecular flexibility index (Phi) is 7.04. The summed E-state index contributed by atoms with van der Waals surface area (Å²) >= 11 is 2.77. The minimum Gasteiger partial charge on any atom is -0.465 e. The van der Waals surface area contributed by atoms with Gasteiger partial charge in [0, 0.05) is 28.9 Å². The van der Waals surface area contributed by atoms with E-state index in [1.165, 1.54) is 37.1 Å². The third kappa shape index (κ3) is 4.79. The van der Waals surface area contributed by atoms with Crippen molar-refractivity contribution < 1.29 is 19.1 Å². The van der Waals surface area contributed by atoms with E-state index in [0.29, 0.717) is 42.2 Å². The highest BCUT2D eigenvalue weighted by Crippen LogP contribution is 2.38. The number of carbonyl (C=O) groups is 3. The number of esters is 1. The second kappa shape index (κ2) is 9.53. The summed E-state index contributed by atoms with van der Waals surface area (Å²) in [5, 5.41) is 3.07. The van der Waals surface area contributed by atoms with E-state index in [1.807, 2.05) is 25.1 Å². The number of nitrogen functional groups attached to an aromatic ring is 1. The molecule has 2 heterocycles. The molecule has 1 unspecified atom stereocenters. The van der Waals surface area contributed by atoms with Crippen LogP contribution in [0.4, 0.5) is 10.7 Å². The molecular weight excluding hydrogens is 422 g/mol. The number of benzene rings is 1. The predicted molar refractivity (Wildman–Crippen MR) is 120 cm³/mol. The number of methoxy groups -OCH3 is 1. The van der Waals surface area contributed by atoms with Gasteiger partial charge in [0.25, 0.3) is 0 Å². The summed E-state index contributed by atoms with van der Waals surface area (Å²) in [6, 6.07) is 7.40. The van der Waals surface area contributed by atoms with E-state index >= 15 is 0 Å². The van der Waals surface area contributed by atoms with Crippen LogP contribution in [0.15, 0.2) is 29.2 Å². The van der Waals surface area contributed by atoms with E-state index in [1.54, 1.807) is 11.0 Å². The molecule has 160 valence electrons. The molecular formula is C21H25N3O4S2. The Morgan fingerprint density at radius 1 is 1.37 bits per heavy atom. The van der Waals surface area contributed by atoms with Crippen molar-refractivity contribution in [1.29, 1.82) is 0 Å². The van der Waals surface area contributed by atoms with Crippen molar-refractivity contribution in [3.8, 4) is 0 Å². The van der Waals surface area contributed by atoms with Gasteiger partial charge in [-0.3, -0.25) is 9.59 Å². The lowest BCUT2D eigenvalue weighted by Crippen LogP contribution is -2.34. The lowest BCUT2D eigenvalue weighted by molar-refractivity contribution is -0.129. The van der Waals surface area contributed by atoms with Gasteiger partial charge in [-0.25, -0.2) is 4.79 Å². The number of rotatable bonds is 6. The number of carbonyl (C=O) groups excluding carboxylic acids is 3. The summed E-state index contributed by atoms with van der Waals surface area (Å²) in [7, 11) is 1.33. The summed E-state index contributed by atoms with van der Waals surface area (Å²) in [6.45, 7) is 4.45. The van der Waals surface area contributed by atoms with E-state index in [0.717, 1.165) is 15.3 Å². The van der Waals surface area contributed by atoms with E-state index in [-0.39, 0.29) is 17.1 Å².